The third-order valence-corrected chi connectivity index (χ3v) is 7.69. The SMILES string of the molecule is Cn1cc(CCN(Cc2cc(Cl)c(Cl)[nH]2)C2CCc3cc(/C=C/C(=O)NO)ccc32)c2ccccc21. The van der Waals surface area contributed by atoms with Crippen molar-refractivity contribution in [3.8, 4) is 0 Å². The molecular formula is C28H28Cl2N4O2. The van der Waals surface area contributed by atoms with Gasteiger partial charge in [0.15, 0.2) is 0 Å². The zero-order chi connectivity index (χ0) is 25.2. The molecule has 5 rings (SSSR count). The Labute approximate surface area is 220 Å². The number of aromatic amines is 1. The van der Waals surface area contributed by atoms with Crippen LogP contribution in [0, 0.1) is 0 Å². The van der Waals surface area contributed by atoms with Crippen molar-refractivity contribution in [3.05, 3.63) is 98.9 Å². The highest BCUT2D eigenvalue weighted by Gasteiger charge is 2.28. The van der Waals surface area contributed by atoms with Gasteiger partial charge in [0, 0.05) is 55.0 Å². The number of rotatable bonds is 8. The number of aryl methyl sites for hydroxylation is 2. The highest BCUT2D eigenvalue weighted by molar-refractivity contribution is 6.41. The Balaban J connectivity index is 1.41. The van der Waals surface area contributed by atoms with E-state index in [1.54, 1.807) is 11.6 Å². The first-order chi connectivity index (χ1) is 17.4. The Morgan fingerprint density at radius 3 is 2.86 bits per heavy atom. The van der Waals surface area contributed by atoms with Crippen molar-refractivity contribution in [2.75, 3.05) is 6.54 Å². The second-order valence-electron chi connectivity index (χ2n) is 9.28. The van der Waals surface area contributed by atoms with Gasteiger partial charge in [-0.2, -0.15) is 0 Å². The number of amides is 1. The monoisotopic (exact) mass is 522 g/mol. The fourth-order valence-corrected chi connectivity index (χ4v) is 5.65. The molecule has 6 nitrogen and oxygen atoms in total. The van der Waals surface area contributed by atoms with Crippen molar-refractivity contribution in [3.63, 3.8) is 0 Å². The molecule has 8 heteroatoms. The normalized spacial score (nSPS) is 15.3. The Hall–Kier alpha value is -3.03. The fourth-order valence-electron chi connectivity index (χ4n) is 5.30. The Bertz CT molecular complexity index is 1420. The van der Waals surface area contributed by atoms with Gasteiger partial charge in [-0.05, 0) is 59.7 Å². The molecule has 0 aliphatic heterocycles. The average Bonchev–Trinajstić information content (AvgIpc) is 3.55. The van der Waals surface area contributed by atoms with Crippen molar-refractivity contribution >= 4 is 46.1 Å². The molecule has 4 aromatic rings. The number of H-pyrrole nitrogens is 1. The van der Waals surface area contributed by atoms with Crippen LogP contribution in [0.25, 0.3) is 17.0 Å². The van der Waals surface area contributed by atoms with Gasteiger partial charge in [-0.3, -0.25) is 14.9 Å². The minimum atomic E-state index is -0.545. The van der Waals surface area contributed by atoms with Gasteiger partial charge in [0.05, 0.1) is 5.02 Å². The second-order valence-corrected chi connectivity index (χ2v) is 10.1. The molecule has 0 saturated carbocycles. The third-order valence-electron chi connectivity index (χ3n) is 6.99. The van der Waals surface area contributed by atoms with Gasteiger partial charge in [-0.1, -0.05) is 59.6 Å². The van der Waals surface area contributed by atoms with Gasteiger partial charge in [0.1, 0.15) is 5.15 Å². The highest BCUT2D eigenvalue weighted by atomic mass is 35.5. The number of hydrogen-bond donors (Lipinski definition) is 3. The van der Waals surface area contributed by atoms with Crippen molar-refractivity contribution in [1.82, 2.24) is 19.9 Å². The third kappa shape index (κ3) is 5.08. The summed E-state index contributed by atoms with van der Waals surface area (Å²) in [6, 6.07) is 17.0. The van der Waals surface area contributed by atoms with Gasteiger partial charge in [0.2, 0.25) is 0 Å². The smallest absolute Gasteiger partial charge is 0.267 e. The van der Waals surface area contributed by atoms with Gasteiger partial charge < -0.3 is 9.55 Å². The topological polar surface area (TPSA) is 73.3 Å². The van der Waals surface area contributed by atoms with Crippen molar-refractivity contribution < 1.29 is 10.0 Å². The predicted octanol–water partition coefficient (Wildman–Crippen LogP) is 6.06. The molecule has 2 aromatic carbocycles. The van der Waals surface area contributed by atoms with Crippen molar-refractivity contribution in [2.24, 2.45) is 7.05 Å². The molecule has 0 bridgehead atoms. The number of aromatic nitrogens is 2. The van der Waals surface area contributed by atoms with E-state index in [0.717, 1.165) is 37.1 Å². The number of carbonyl (C=O) groups is 1. The lowest BCUT2D eigenvalue weighted by atomic mass is 10.0. The molecule has 3 N–H and O–H groups in total. The molecule has 186 valence electrons. The van der Waals surface area contributed by atoms with Crippen LogP contribution >= 0.6 is 23.2 Å². The largest absolute Gasteiger partial charge is 0.350 e. The minimum Gasteiger partial charge on any atom is -0.350 e. The maximum atomic E-state index is 11.4. The predicted molar refractivity (Wildman–Crippen MR) is 144 cm³/mol. The number of nitrogens with one attached hydrogen (secondary N) is 2. The lowest BCUT2D eigenvalue weighted by molar-refractivity contribution is -0.124. The van der Waals surface area contributed by atoms with E-state index in [2.05, 4.69) is 64.1 Å². The number of benzene rings is 2. The summed E-state index contributed by atoms with van der Waals surface area (Å²) in [6.07, 6.45) is 8.16. The number of nitrogens with zero attached hydrogens (tertiary/aromatic N) is 2. The van der Waals surface area contributed by atoms with Crippen LogP contribution in [-0.2, 0) is 31.2 Å². The molecule has 2 aromatic heterocycles. The number of hydroxylamine groups is 1. The zero-order valence-electron chi connectivity index (χ0n) is 20.0. The van der Waals surface area contributed by atoms with Crippen LogP contribution in [0.15, 0.2) is 60.8 Å². The van der Waals surface area contributed by atoms with E-state index in [-0.39, 0.29) is 6.04 Å². The first kappa shape index (κ1) is 24.7. The molecule has 1 amide bonds. The Morgan fingerprint density at radius 1 is 1.25 bits per heavy atom. The summed E-state index contributed by atoms with van der Waals surface area (Å²) in [7, 11) is 2.09. The number of carbonyl (C=O) groups excluding carboxylic acids is 1. The van der Waals surface area contributed by atoms with Crippen LogP contribution in [0.1, 0.15) is 40.4 Å². The van der Waals surface area contributed by atoms with Gasteiger partial charge in [-0.25, -0.2) is 5.48 Å². The van der Waals surface area contributed by atoms with E-state index >= 15 is 0 Å². The van der Waals surface area contributed by atoms with Gasteiger partial charge >= 0.3 is 0 Å². The number of halogens is 2. The van der Waals surface area contributed by atoms with Gasteiger partial charge in [0.25, 0.3) is 5.91 Å². The molecule has 1 atom stereocenters. The summed E-state index contributed by atoms with van der Waals surface area (Å²) in [5, 5.41) is 11.0. The van der Waals surface area contributed by atoms with E-state index in [9.17, 15) is 4.79 Å². The molecule has 36 heavy (non-hydrogen) atoms. The molecule has 1 aliphatic rings. The summed E-state index contributed by atoms with van der Waals surface area (Å²) in [6.45, 7) is 1.59. The average molecular weight is 523 g/mol. The standard InChI is InChI=1S/C28H28Cl2N4O2/c1-33-16-20(22-4-2-3-5-25(22)33)12-13-34(17-21-15-24(29)28(30)31-21)26-10-8-19-14-18(6-9-23(19)26)7-11-27(35)32-36/h2-7,9,11,14-16,26,31,36H,8,10,12-13,17H2,1H3,(H,32,35)/b11-7+. The maximum Gasteiger partial charge on any atom is 0.267 e. The zero-order valence-corrected chi connectivity index (χ0v) is 21.5. The van der Waals surface area contributed by atoms with Crippen LogP contribution in [0.2, 0.25) is 10.2 Å². The summed E-state index contributed by atoms with van der Waals surface area (Å²) >= 11 is 12.5. The fraction of sp³-hybridized carbons (Fsp3) is 0.250. The Kier molecular flexibility index (Phi) is 7.21. The van der Waals surface area contributed by atoms with Crippen LogP contribution < -0.4 is 5.48 Å². The number of para-hydroxylation sites is 1. The number of hydrogen-bond acceptors (Lipinski definition) is 3. The summed E-state index contributed by atoms with van der Waals surface area (Å²) in [5.41, 5.74) is 8.71. The molecule has 0 radical (unpaired) electrons. The molecule has 0 fully saturated rings. The lowest BCUT2D eigenvalue weighted by Gasteiger charge is -2.29. The van der Waals surface area contributed by atoms with Crippen molar-refractivity contribution in [1.29, 1.82) is 0 Å². The van der Waals surface area contributed by atoms with Crippen LogP contribution in [-0.4, -0.2) is 32.1 Å². The molecule has 0 saturated heterocycles. The molecule has 1 unspecified atom stereocenters. The van der Waals surface area contributed by atoms with E-state index in [0.29, 0.717) is 16.7 Å². The second kappa shape index (κ2) is 10.5. The highest BCUT2D eigenvalue weighted by Crippen LogP contribution is 2.38. The Morgan fingerprint density at radius 2 is 2.08 bits per heavy atom. The molecule has 0 spiro atoms. The number of fused-ring (bicyclic) bond motifs is 2. The van der Waals surface area contributed by atoms with E-state index in [4.69, 9.17) is 28.4 Å². The molecular weight excluding hydrogens is 495 g/mol. The van der Waals surface area contributed by atoms with E-state index in [1.165, 1.54) is 33.7 Å². The van der Waals surface area contributed by atoms with E-state index in [1.807, 2.05) is 12.1 Å². The van der Waals surface area contributed by atoms with Gasteiger partial charge in [-0.15, -0.1) is 0 Å². The summed E-state index contributed by atoms with van der Waals surface area (Å²) in [5.74, 6) is -0.545. The lowest BCUT2D eigenvalue weighted by Crippen LogP contribution is -2.29. The van der Waals surface area contributed by atoms with E-state index < -0.39 is 5.91 Å². The van der Waals surface area contributed by atoms with Crippen LogP contribution in [0.4, 0.5) is 0 Å². The molecule has 2 heterocycles. The summed E-state index contributed by atoms with van der Waals surface area (Å²) < 4.78 is 2.19. The minimum absolute atomic E-state index is 0.259. The molecule has 1 aliphatic carbocycles. The van der Waals surface area contributed by atoms with Crippen molar-refractivity contribution in [2.45, 2.75) is 31.8 Å². The maximum absolute atomic E-state index is 11.4. The van der Waals surface area contributed by atoms with Crippen LogP contribution in [0.3, 0.4) is 0 Å². The first-order valence-corrected chi connectivity index (χ1v) is 12.7. The quantitative estimate of drug-likeness (QED) is 0.149. The first-order valence-electron chi connectivity index (χ1n) is 12.0. The van der Waals surface area contributed by atoms with Crippen LogP contribution in [0.5, 0.6) is 0 Å². The summed E-state index contributed by atoms with van der Waals surface area (Å²) in [4.78, 5) is 17.1.